The normalized spacial score (nSPS) is 11.6. The summed E-state index contributed by atoms with van der Waals surface area (Å²) < 4.78 is 22.9. The molecule has 0 fully saturated rings. The molecule has 0 saturated heterocycles. The minimum absolute atomic E-state index is 0.565. The van der Waals surface area contributed by atoms with Crippen molar-refractivity contribution < 1.29 is 18.9 Å². The van der Waals surface area contributed by atoms with Gasteiger partial charge in [0.25, 0.3) is 0 Å². The molecular formula is C37H39Cl2N5O4. The standard InChI is InChI=1S/C37H39Cl2N5O4/c1-44(14-18-47-16-12-40-36-28-8-4-24(38)20-34(28)42-32-10-6-26(45-2)22-30(32)36)15-19-48-17-13-41-37-29-9-5-25(39)21-35(29)43-33-11-7-27(46-3)23-31(33)37/h4-11,20-23H,12-19H2,1-3H3,(H,40,42)(H,41,43). The van der Waals surface area contributed by atoms with Crippen LogP contribution in [0.25, 0.3) is 43.6 Å². The van der Waals surface area contributed by atoms with Gasteiger partial charge in [0.05, 0.1) is 74.1 Å². The quantitative estimate of drug-likeness (QED) is 0.0778. The minimum Gasteiger partial charge on any atom is -0.497 e. The summed E-state index contributed by atoms with van der Waals surface area (Å²) >= 11 is 12.5. The van der Waals surface area contributed by atoms with Crippen molar-refractivity contribution in [2.75, 3.05) is 84.5 Å². The minimum atomic E-state index is 0.565. The second kappa shape index (κ2) is 15.9. The van der Waals surface area contributed by atoms with Gasteiger partial charge in [-0.2, -0.15) is 0 Å². The Morgan fingerprint density at radius 3 is 1.46 bits per heavy atom. The summed E-state index contributed by atoms with van der Waals surface area (Å²) in [5, 5.41) is 12.4. The van der Waals surface area contributed by atoms with E-state index in [0.29, 0.717) is 49.6 Å². The molecule has 48 heavy (non-hydrogen) atoms. The van der Waals surface area contributed by atoms with E-state index in [4.69, 9.17) is 52.1 Å². The van der Waals surface area contributed by atoms with E-state index in [2.05, 4.69) is 22.6 Å². The Balaban J connectivity index is 0.935. The third kappa shape index (κ3) is 7.94. The molecular weight excluding hydrogens is 649 g/mol. The van der Waals surface area contributed by atoms with Crippen LogP contribution in [-0.2, 0) is 9.47 Å². The molecule has 0 aliphatic carbocycles. The van der Waals surface area contributed by atoms with E-state index in [1.807, 2.05) is 72.8 Å². The second-order valence-corrected chi connectivity index (χ2v) is 12.3. The zero-order valence-corrected chi connectivity index (χ0v) is 28.8. The maximum absolute atomic E-state index is 6.26. The van der Waals surface area contributed by atoms with Gasteiger partial charge in [-0.3, -0.25) is 0 Å². The first-order valence-corrected chi connectivity index (χ1v) is 16.6. The summed E-state index contributed by atoms with van der Waals surface area (Å²) in [6, 6.07) is 23.3. The predicted molar refractivity (Wildman–Crippen MR) is 198 cm³/mol. The highest BCUT2D eigenvalue weighted by molar-refractivity contribution is 6.32. The smallest absolute Gasteiger partial charge is 0.119 e. The van der Waals surface area contributed by atoms with Gasteiger partial charge in [0.2, 0.25) is 0 Å². The van der Waals surface area contributed by atoms with Gasteiger partial charge in [-0.1, -0.05) is 23.2 Å². The number of fused-ring (bicyclic) bond motifs is 4. The number of benzene rings is 4. The Labute approximate surface area is 290 Å². The molecule has 0 amide bonds. The van der Waals surface area contributed by atoms with Crippen molar-refractivity contribution in [2.24, 2.45) is 0 Å². The van der Waals surface area contributed by atoms with Gasteiger partial charge in [-0.25, -0.2) is 9.97 Å². The number of rotatable bonds is 16. The van der Waals surface area contributed by atoms with Crippen LogP contribution in [0.2, 0.25) is 10.0 Å². The average Bonchev–Trinajstić information content (AvgIpc) is 3.09. The summed E-state index contributed by atoms with van der Waals surface area (Å²) in [5.74, 6) is 1.56. The van der Waals surface area contributed by atoms with Crippen molar-refractivity contribution in [3.05, 3.63) is 82.8 Å². The molecule has 6 aromatic rings. The van der Waals surface area contributed by atoms with Gasteiger partial charge in [-0.15, -0.1) is 0 Å². The van der Waals surface area contributed by atoms with Crippen molar-refractivity contribution in [1.29, 1.82) is 0 Å². The Kier molecular flexibility index (Phi) is 11.2. The number of ether oxygens (including phenoxy) is 4. The molecule has 2 aromatic heterocycles. The highest BCUT2D eigenvalue weighted by atomic mass is 35.5. The lowest BCUT2D eigenvalue weighted by Gasteiger charge is -2.18. The van der Waals surface area contributed by atoms with Gasteiger partial charge >= 0.3 is 0 Å². The van der Waals surface area contributed by atoms with Crippen LogP contribution in [0.5, 0.6) is 11.5 Å². The molecule has 0 bridgehead atoms. The maximum Gasteiger partial charge on any atom is 0.119 e. The third-order valence-corrected chi connectivity index (χ3v) is 8.69. The lowest BCUT2D eigenvalue weighted by Crippen LogP contribution is -2.28. The monoisotopic (exact) mass is 687 g/mol. The van der Waals surface area contributed by atoms with Gasteiger partial charge in [0.1, 0.15) is 11.5 Å². The summed E-state index contributed by atoms with van der Waals surface area (Å²) in [7, 11) is 5.41. The number of aromatic nitrogens is 2. The lowest BCUT2D eigenvalue weighted by molar-refractivity contribution is 0.0911. The molecule has 9 nitrogen and oxygen atoms in total. The molecule has 4 aromatic carbocycles. The zero-order valence-electron chi connectivity index (χ0n) is 27.3. The van der Waals surface area contributed by atoms with Crippen molar-refractivity contribution in [3.63, 3.8) is 0 Å². The van der Waals surface area contributed by atoms with Crippen LogP contribution >= 0.6 is 23.2 Å². The molecule has 2 heterocycles. The third-order valence-electron chi connectivity index (χ3n) is 8.22. The van der Waals surface area contributed by atoms with Gasteiger partial charge in [0.15, 0.2) is 0 Å². The zero-order chi connectivity index (χ0) is 33.5. The topological polar surface area (TPSA) is 90.0 Å². The molecule has 0 saturated carbocycles. The van der Waals surface area contributed by atoms with E-state index >= 15 is 0 Å². The second-order valence-electron chi connectivity index (χ2n) is 11.4. The molecule has 250 valence electrons. The van der Waals surface area contributed by atoms with Gasteiger partial charge in [0, 0.05) is 57.8 Å². The van der Waals surface area contributed by atoms with E-state index in [-0.39, 0.29) is 0 Å². The Morgan fingerprint density at radius 2 is 1.02 bits per heavy atom. The fourth-order valence-electron chi connectivity index (χ4n) is 5.68. The van der Waals surface area contributed by atoms with Crippen molar-refractivity contribution in [2.45, 2.75) is 0 Å². The van der Waals surface area contributed by atoms with E-state index in [1.165, 1.54) is 0 Å². The molecule has 0 atom stereocenters. The first-order chi connectivity index (χ1) is 23.4. The first-order valence-electron chi connectivity index (χ1n) is 15.9. The number of halogens is 2. The number of likely N-dealkylation sites (N-methyl/N-ethyl adjacent to an activating group) is 1. The fourth-order valence-corrected chi connectivity index (χ4v) is 6.01. The molecule has 0 aliphatic rings. The van der Waals surface area contributed by atoms with Crippen LogP contribution in [0, 0.1) is 0 Å². The maximum atomic E-state index is 6.26. The van der Waals surface area contributed by atoms with Crippen molar-refractivity contribution >= 4 is 78.2 Å². The Morgan fingerprint density at radius 1 is 0.562 bits per heavy atom. The highest BCUT2D eigenvalue weighted by Gasteiger charge is 2.12. The molecule has 0 aliphatic heterocycles. The summed E-state index contributed by atoms with van der Waals surface area (Å²) in [4.78, 5) is 11.8. The van der Waals surface area contributed by atoms with Gasteiger partial charge < -0.3 is 34.5 Å². The number of nitrogens with zero attached hydrogens (tertiary/aromatic N) is 3. The van der Waals surface area contributed by atoms with E-state index in [0.717, 1.165) is 79.6 Å². The Hall–Kier alpha value is -4.12. The van der Waals surface area contributed by atoms with Crippen LogP contribution in [0.4, 0.5) is 11.4 Å². The van der Waals surface area contributed by atoms with Crippen LogP contribution in [0.1, 0.15) is 0 Å². The van der Waals surface area contributed by atoms with Crippen LogP contribution in [0.3, 0.4) is 0 Å². The predicted octanol–water partition coefficient (Wildman–Crippen LogP) is 7.90. The SMILES string of the molecule is COc1ccc2nc3cc(Cl)ccc3c(NCCOCCN(C)CCOCCNc3c4ccc(Cl)cc4nc4ccc(OC)cc34)c2c1. The molecule has 0 unspecified atom stereocenters. The van der Waals surface area contributed by atoms with E-state index in [1.54, 1.807) is 14.2 Å². The van der Waals surface area contributed by atoms with E-state index < -0.39 is 0 Å². The number of hydrogen-bond acceptors (Lipinski definition) is 9. The van der Waals surface area contributed by atoms with Crippen molar-refractivity contribution in [3.8, 4) is 11.5 Å². The summed E-state index contributed by atoms with van der Waals surface area (Å²) in [6.45, 7) is 5.28. The number of pyridine rings is 2. The molecule has 0 spiro atoms. The number of anilines is 2. The van der Waals surface area contributed by atoms with Crippen molar-refractivity contribution in [1.82, 2.24) is 14.9 Å². The van der Waals surface area contributed by atoms with Crippen LogP contribution in [-0.4, -0.2) is 88.7 Å². The van der Waals surface area contributed by atoms with E-state index in [9.17, 15) is 0 Å². The molecule has 11 heteroatoms. The Bertz CT molecular complexity index is 1900. The highest BCUT2D eigenvalue weighted by Crippen LogP contribution is 2.35. The largest absolute Gasteiger partial charge is 0.497 e. The van der Waals surface area contributed by atoms with Crippen LogP contribution < -0.4 is 20.1 Å². The molecule has 0 radical (unpaired) electrons. The molecule has 6 rings (SSSR count). The number of methoxy groups -OCH3 is 2. The summed E-state index contributed by atoms with van der Waals surface area (Å²) in [6.07, 6.45) is 0. The molecule has 2 N–H and O–H groups in total. The van der Waals surface area contributed by atoms with Crippen LogP contribution in [0.15, 0.2) is 72.8 Å². The first kappa shape index (κ1) is 33.8. The lowest BCUT2D eigenvalue weighted by atomic mass is 10.1. The fraction of sp³-hybridized carbons (Fsp3) is 0.297. The number of hydrogen-bond donors (Lipinski definition) is 2. The number of nitrogens with one attached hydrogen (secondary N) is 2. The average molecular weight is 689 g/mol. The van der Waals surface area contributed by atoms with Gasteiger partial charge in [-0.05, 0) is 79.8 Å². The summed E-state index contributed by atoms with van der Waals surface area (Å²) in [5.41, 5.74) is 5.42.